The van der Waals surface area contributed by atoms with E-state index < -0.39 is 35.0 Å². The highest BCUT2D eigenvalue weighted by molar-refractivity contribution is 6.24. The molecule has 0 saturated heterocycles. The number of ketones is 1. The lowest BCUT2D eigenvalue weighted by Crippen LogP contribution is -2.27. The summed E-state index contributed by atoms with van der Waals surface area (Å²) in [5.41, 5.74) is -2.49. The average Bonchev–Trinajstić information content (AvgIpc) is 2.28. The predicted octanol–water partition coefficient (Wildman–Crippen LogP) is 3.65. The van der Waals surface area contributed by atoms with E-state index >= 15 is 0 Å². The molecule has 0 saturated carbocycles. The van der Waals surface area contributed by atoms with Crippen LogP contribution in [0, 0.1) is 0 Å². The van der Waals surface area contributed by atoms with Gasteiger partial charge in [0.2, 0.25) is 5.76 Å². The lowest BCUT2D eigenvalue weighted by atomic mass is 9.99. The van der Waals surface area contributed by atoms with Crippen molar-refractivity contribution >= 4 is 11.4 Å². The van der Waals surface area contributed by atoms with Crippen LogP contribution >= 0.6 is 0 Å². The number of alkyl halides is 6. The van der Waals surface area contributed by atoms with Gasteiger partial charge in [0.25, 0.3) is 5.78 Å². The Labute approximate surface area is 103 Å². The molecule has 8 heteroatoms. The largest absolute Gasteiger partial charge is 0.504 e. The van der Waals surface area contributed by atoms with Gasteiger partial charge in [0, 0.05) is 0 Å². The van der Waals surface area contributed by atoms with Crippen LogP contribution in [0.4, 0.5) is 26.3 Å². The molecular formula is C11H6F6O2. The Bertz CT molecular complexity index is 498. The van der Waals surface area contributed by atoms with E-state index in [-0.39, 0.29) is 0 Å². The van der Waals surface area contributed by atoms with Gasteiger partial charge in [-0.15, -0.1) is 0 Å². The first-order valence-corrected chi connectivity index (χ1v) is 4.72. The second-order valence-corrected chi connectivity index (χ2v) is 3.41. The summed E-state index contributed by atoms with van der Waals surface area (Å²) in [5.74, 6) is -5.32. The Morgan fingerprint density at radius 3 is 1.74 bits per heavy atom. The van der Waals surface area contributed by atoms with E-state index in [0.29, 0.717) is 0 Å². The molecule has 0 bridgehead atoms. The van der Waals surface area contributed by atoms with Gasteiger partial charge in [-0.05, 0) is 5.56 Å². The lowest BCUT2D eigenvalue weighted by Gasteiger charge is -2.14. The molecule has 1 aromatic rings. The molecule has 0 spiro atoms. The summed E-state index contributed by atoms with van der Waals surface area (Å²) in [5, 5.41) is 8.87. The number of benzene rings is 1. The molecule has 0 aromatic heterocycles. The zero-order valence-corrected chi connectivity index (χ0v) is 9.01. The van der Waals surface area contributed by atoms with Gasteiger partial charge >= 0.3 is 12.4 Å². The van der Waals surface area contributed by atoms with Crippen molar-refractivity contribution in [2.45, 2.75) is 12.4 Å². The van der Waals surface area contributed by atoms with E-state index in [1.807, 2.05) is 0 Å². The molecule has 0 heterocycles. The van der Waals surface area contributed by atoms with Crippen LogP contribution in [0.3, 0.4) is 0 Å². The van der Waals surface area contributed by atoms with Crippen molar-refractivity contribution in [3.05, 3.63) is 41.7 Å². The van der Waals surface area contributed by atoms with Gasteiger partial charge in [-0.1, -0.05) is 30.3 Å². The van der Waals surface area contributed by atoms with Crippen molar-refractivity contribution in [2.75, 3.05) is 0 Å². The number of rotatable bonds is 2. The second-order valence-electron chi connectivity index (χ2n) is 3.41. The Morgan fingerprint density at radius 1 is 0.895 bits per heavy atom. The molecule has 2 nitrogen and oxygen atoms in total. The van der Waals surface area contributed by atoms with Crippen molar-refractivity contribution in [1.82, 2.24) is 0 Å². The molecule has 0 amide bonds. The first-order valence-electron chi connectivity index (χ1n) is 4.72. The van der Waals surface area contributed by atoms with Crippen LogP contribution in [0.1, 0.15) is 5.56 Å². The van der Waals surface area contributed by atoms with Gasteiger partial charge in [-0.3, -0.25) is 4.79 Å². The zero-order valence-electron chi connectivity index (χ0n) is 9.01. The minimum atomic E-state index is -5.52. The Morgan fingerprint density at radius 2 is 1.37 bits per heavy atom. The fourth-order valence-electron chi connectivity index (χ4n) is 1.26. The number of hydrogen-bond acceptors (Lipinski definition) is 2. The predicted molar refractivity (Wildman–Crippen MR) is 53.1 cm³/mol. The SMILES string of the molecule is O=C(/C(=C(\O)C(F)(F)F)c1ccccc1)C(F)(F)F. The van der Waals surface area contributed by atoms with Crippen LogP contribution in [0.5, 0.6) is 0 Å². The van der Waals surface area contributed by atoms with Crippen LogP contribution in [0.25, 0.3) is 5.57 Å². The van der Waals surface area contributed by atoms with E-state index in [0.717, 1.165) is 24.3 Å². The monoisotopic (exact) mass is 284 g/mol. The maximum atomic E-state index is 12.3. The quantitative estimate of drug-likeness (QED) is 0.511. The van der Waals surface area contributed by atoms with Gasteiger partial charge in [0.05, 0.1) is 5.57 Å². The first kappa shape index (κ1) is 15.1. The molecule has 0 atom stereocenters. The Balaban J connectivity index is 3.50. The number of carbonyl (C=O) groups excluding carboxylic acids is 1. The van der Waals surface area contributed by atoms with Crippen molar-refractivity contribution in [3.8, 4) is 0 Å². The van der Waals surface area contributed by atoms with Crippen molar-refractivity contribution in [1.29, 1.82) is 0 Å². The molecule has 0 aliphatic carbocycles. The lowest BCUT2D eigenvalue weighted by molar-refractivity contribution is -0.165. The molecule has 0 unspecified atom stereocenters. The Hall–Kier alpha value is -1.99. The second kappa shape index (κ2) is 4.94. The van der Waals surface area contributed by atoms with E-state index in [2.05, 4.69) is 0 Å². The minimum absolute atomic E-state index is 0.667. The fraction of sp³-hybridized carbons (Fsp3) is 0.182. The van der Waals surface area contributed by atoms with Gasteiger partial charge in [0.15, 0.2) is 0 Å². The highest BCUT2D eigenvalue weighted by Crippen LogP contribution is 2.35. The standard InChI is InChI=1S/C11H6F6O2/c12-10(13,14)8(18)7(9(19)11(15,16)17)6-4-2-1-3-5-6/h1-5,18H/b8-7-. The Kier molecular flexibility index (Phi) is 3.92. The summed E-state index contributed by atoms with van der Waals surface area (Å²) in [7, 11) is 0. The topological polar surface area (TPSA) is 37.3 Å². The number of carbonyl (C=O) groups is 1. The highest BCUT2D eigenvalue weighted by Gasteiger charge is 2.47. The third-order valence-electron chi connectivity index (χ3n) is 2.05. The fourth-order valence-corrected chi connectivity index (χ4v) is 1.26. The van der Waals surface area contributed by atoms with E-state index in [1.54, 1.807) is 0 Å². The molecule has 0 aliphatic rings. The summed E-state index contributed by atoms with van der Waals surface area (Å²) >= 11 is 0. The molecule has 1 aromatic carbocycles. The molecule has 1 rings (SSSR count). The number of aliphatic hydroxyl groups excluding tert-OH is 1. The number of aliphatic hydroxyl groups is 1. The number of Topliss-reactive ketones (excluding diaryl/α,β-unsaturated/α-hetero) is 1. The number of hydrogen-bond donors (Lipinski definition) is 1. The van der Waals surface area contributed by atoms with E-state index in [4.69, 9.17) is 5.11 Å². The van der Waals surface area contributed by atoms with Crippen molar-refractivity contribution in [3.63, 3.8) is 0 Å². The summed E-state index contributed by atoms with van der Waals surface area (Å²) in [4.78, 5) is 11.0. The molecule has 19 heavy (non-hydrogen) atoms. The summed E-state index contributed by atoms with van der Waals surface area (Å²) in [6.07, 6.45) is -11.0. The van der Waals surface area contributed by atoms with E-state index in [9.17, 15) is 31.1 Å². The zero-order chi connectivity index (χ0) is 14.8. The van der Waals surface area contributed by atoms with Crippen LogP contribution in [-0.4, -0.2) is 23.2 Å². The molecule has 1 N–H and O–H groups in total. The van der Waals surface area contributed by atoms with Crippen LogP contribution in [0.2, 0.25) is 0 Å². The molecule has 0 radical (unpaired) electrons. The molecule has 0 aliphatic heterocycles. The van der Waals surface area contributed by atoms with Gasteiger partial charge in [-0.25, -0.2) is 0 Å². The smallest absolute Gasteiger partial charge is 0.455 e. The average molecular weight is 284 g/mol. The van der Waals surface area contributed by atoms with Crippen molar-refractivity contribution in [2.24, 2.45) is 0 Å². The first-order chi connectivity index (χ1) is 8.55. The van der Waals surface area contributed by atoms with Crippen LogP contribution in [0.15, 0.2) is 36.1 Å². The van der Waals surface area contributed by atoms with Gasteiger partial charge in [0.1, 0.15) is 0 Å². The molecule has 104 valence electrons. The number of allylic oxidation sites excluding steroid dienone is 2. The number of halogens is 6. The summed E-state index contributed by atoms with van der Waals surface area (Å²) < 4.78 is 73.7. The maximum absolute atomic E-state index is 12.3. The maximum Gasteiger partial charge on any atom is 0.455 e. The van der Waals surface area contributed by atoms with Crippen LogP contribution < -0.4 is 0 Å². The van der Waals surface area contributed by atoms with Gasteiger partial charge < -0.3 is 5.11 Å². The third kappa shape index (κ3) is 3.49. The highest BCUT2D eigenvalue weighted by atomic mass is 19.4. The van der Waals surface area contributed by atoms with Crippen molar-refractivity contribution < 1.29 is 36.2 Å². The van der Waals surface area contributed by atoms with Gasteiger partial charge in [-0.2, -0.15) is 26.3 Å². The van der Waals surface area contributed by atoms with E-state index in [1.165, 1.54) is 6.07 Å². The molecule has 0 fully saturated rings. The summed E-state index contributed by atoms with van der Waals surface area (Å²) in [6, 6.07) is 5.34. The van der Waals surface area contributed by atoms with Crippen LogP contribution in [-0.2, 0) is 4.79 Å². The molecular weight excluding hydrogens is 278 g/mol. The normalized spacial score (nSPS) is 14.0. The minimum Gasteiger partial charge on any atom is -0.504 e. The summed E-state index contributed by atoms with van der Waals surface area (Å²) in [6.45, 7) is 0. The third-order valence-corrected chi connectivity index (χ3v) is 2.05.